The minimum absolute atomic E-state index is 0.0856. The molecule has 0 saturated carbocycles. The van der Waals surface area contributed by atoms with Crippen molar-refractivity contribution in [1.82, 2.24) is 4.90 Å². The summed E-state index contributed by atoms with van der Waals surface area (Å²) >= 11 is 0. The van der Waals surface area contributed by atoms with Crippen LogP contribution >= 0.6 is 0 Å². The van der Waals surface area contributed by atoms with Gasteiger partial charge < -0.3 is 4.74 Å². The molecule has 1 unspecified atom stereocenters. The van der Waals surface area contributed by atoms with Gasteiger partial charge in [0.2, 0.25) is 0 Å². The van der Waals surface area contributed by atoms with Gasteiger partial charge in [0.15, 0.2) is 0 Å². The zero-order valence-electron chi connectivity index (χ0n) is 6.33. The molecule has 1 aliphatic rings. The molecule has 0 amide bonds. The van der Waals surface area contributed by atoms with Crippen LogP contribution in [0.3, 0.4) is 0 Å². The second kappa shape index (κ2) is 3.01. The number of ether oxygens (including phenoxy) is 1. The molecule has 0 aliphatic carbocycles. The Hall–Kier alpha value is -0.570. The lowest BCUT2D eigenvalue weighted by molar-refractivity contribution is -0.145. The molecule has 1 heterocycles. The summed E-state index contributed by atoms with van der Waals surface area (Å²) in [6.45, 7) is 4.31. The molecule has 3 nitrogen and oxygen atoms in total. The van der Waals surface area contributed by atoms with E-state index in [0.717, 1.165) is 13.0 Å². The standard InChI is InChI=1S/C7H12NO2/c1-6(9)10-7-3-4-8(2)5-7/h4,7H,3,5H2,1-2H3. The van der Waals surface area contributed by atoms with Crippen molar-refractivity contribution in [3.05, 3.63) is 6.54 Å². The largest absolute Gasteiger partial charge is 0.461 e. The number of carbonyl (C=O) groups excluding carboxylic acids is 1. The van der Waals surface area contributed by atoms with Gasteiger partial charge in [-0.15, -0.1) is 0 Å². The molecule has 1 rings (SSSR count). The number of esters is 1. The third kappa shape index (κ3) is 1.99. The van der Waals surface area contributed by atoms with Gasteiger partial charge in [0, 0.05) is 26.4 Å². The number of hydrogen-bond donors (Lipinski definition) is 0. The third-order valence-corrected chi connectivity index (χ3v) is 1.50. The average molecular weight is 142 g/mol. The van der Waals surface area contributed by atoms with Crippen molar-refractivity contribution in [2.75, 3.05) is 13.6 Å². The summed E-state index contributed by atoms with van der Waals surface area (Å²) in [4.78, 5) is 12.5. The highest BCUT2D eigenvalue weighted by Crippen LogP contribution is 2.13. The van der Waals surface area contributed by atoms with Crippen molar-refractivity contribution in [2.24, 2.45) is 0 Å². The first kappa shape index (κ1) is 7.54. The Labute approximate surface area is 61.0 Å². The van der Waals surface area contributed by atoms with Crippen LogP contribution in [0.1, 0.15) is 13.3 Å². The van der Waals surface area contributed by atoms with E-state index in [2.05, 4.69) is 0 Å². The van der Waals surface area contributed by atoms with E-state index in [0.29, 0.717) is 0 Å². The van der Waals surface area contributed by atoms with Crippen molar-refractivity contribution in [3.8, 4) is 0 Å². The summed E-state index contributed by atoms with van der Waals surface area (Å²) < 4.78 is 4.97. The van der Waals surface area contributed by atoms with Crippen LogP contribution in [0.4, 0.5) is 0 Å². The molecule has 10 heavy (non-hydrogen) atoms. The molecule has 1 saturated heterocycles. The van der Waals surface area contributed by atoms with Crippen molar-refractivity contribution >= 4 is 5.97 Å². The second-order valence-electron chi connectivity index (χ2n) is 2.59. The van der Waals surface area contributed by atoms with Crippen LogP contribution in [-0.4, -0.2) is 30.6 Å². The predicted octanol–water partition coefficient (Wildman–Crippen LogP) is 0.415. The fourth-order valence-electron chi connectivity index (χ4n) is 1.09. The SMILES string of the molecule is CC(=O)OC1C[CH]N(C)C1. The maximum Gasteiger partial charge on any atom is 0.302 e. The summed E-state index contributed by atoms with van der Waals surface area (Å²) in [7, 11) is 1.98. The van der Waals surface area contributed by atoms with Crippen LogP contribution in [0, 0.1) is 6.54 Å². The predicted molar refractivity (Wildman–Crippen MR) is 37.1 cm³/mol. The van der Waals surface area contributed by atoms with Gasteiger partial charge in [-0.05, 0) is 7.05 Å². The Kier molecular flexibility index (Phi) is 2.27. The smallest absolute Gasteiger partial charge is 0.302 e. The van der Waals surface area contributed by atoms with Crippen molar-refractivity contribution in [1.29, 1.82) is 0 Å². The van der Waals surface area contributed by atoms with Gasteiger partial charge in [0.1, 0.15) is 6.10 Å². The van der Waals surface area contributed by atoms with Crippen LogP contribution in [0.15, 0.2) is 0 Å². The monoisotopic (exact) mass is 142 g/mol. The molecule has 1 aliphatic heterocycles. The molecule has 0 aromatic carbocycles. The number of rotatable bonds is 1. The van der Waals surface area contributed by atoms with Crippen LogP contribution in [0.5, 0.6) is 0 Å². The van der Waals surface area contributed by atoms with Gasteiger partial charge in [0.05, 0.1) is 0 Å². The minimum atomic E-state index is -0.186. The van der Waals surface area contributed by atoms with E-state index in [-0.39, 0.29) is 12.1 Å². The first-order valence-corrected chi connectivity index (χ1v) is 3.39. The van der Waals surface area contributed by atoms with Gasteiger partial charge in [-0.2, -0.15) is 0 Å². The second-order valence-corrected chi connectivity index (χ2v) is 2.59. The Bertz CT molecular complexity index is 136. The Morgan fingerprint density at radius 1 is 1.80 bits per heavy atom. The number of nitrogens with zero attached hydrogens (tertiary/aromatic N) is 1. The Balaban J connectivity index is 2.24. The molecule has 57 valence electrons. The quantitative estimate of drug-likeness (QED) is 0.497. The van der Waals surface area contributed by atoms with Gasteiger partial charge in [-0.25, -0.2) is 0 Å². The van der Waals surface area contributed by atoms with Gasteiger partial charge in [-0.1, -0.05) is 0 Å². The molecule has 0 aromatic heterocycles. The molecule has 3 heteroatoms. The molecular weight excluding hydrogens is 130 g/mol. The highest BCUT2D eigenvalue weighted by molar-refractivity contribution is 5.66. The van der Waals surface area contributed by atoms with E-state index in [4.69, 9.17) is 4.74 Å². The first-order valence-electron chi connectivity index (χ1n) is 3.39. The topological polar surface area (TPSA) is 29.5 Å². The molecular formula is C7H12NO2. The van der Waals surface area contributed by atoms with E-state index in [1.165, 1.54) is 6.92 Å². The van der Waals surface area contributed by atoms with E-state index in [1.807, 2.05) is 18.5 Å². The Morgan fingerprint density at radius 3 is 2.90 bits per heavy atom. The molecule has 1 radical (unpaired) electrons. The lowest BCUT2D eigenvalue weighted by atomic mass is 10.3. The summed E-state index contributed by atoms with van der Waals surface area (Å²) in [5.41, 5.74) is 0. The normalized spacial score (nSPS) is 26.8. The molecule has 0 aromatic rings. The van der Waals surface area contributed by atoms with Crippen LogP contribution in [-0.2, 0) is 9.53 Å². The molecule has 1 atom stereocenters. The lowest BCUT2D eigenvalue weighted by Gasteiger charge is -2.09. The summed E-state index contributed by atoms with van der Waals surface area (Å²) in [5.74, 6) is -0.186. The number of likely N-dealkylation sites (N-methyl/N-ethyl adjacent to an activating group) is 1. The van der Waals surface area contributed by atoms with E-state index in [9.17, 15) is 4.79 Å². The molecule has 1 fully saturated rings. The van der Waals surface area contributed by atoms with Gasteiger partial charge >= 0.3 is 5.97 Å². The summed E-state index contributed by atoms with van der Waals surface area (Å²) in [6, 6.07) is 0. The van der Waals surface area contributed by atoms with Gasteiger partial charge in [0.25, 0.3) is 0 Å². The van der Waals surface area contributed by atoms with Crippen LogP contribution < -0.4 is 0 Å². The highest BCUT2D eigenvalue weighted by Gasteiger charge is 2.21. The third-order valence-electron chi connectivity index (χ3n) is 1.50. The van der Waals surface area contributed by atoms with E-state index in [1.54, 1.807) is 0 Å². The number of carbonyl (C=O) groups is 1. The fraction of sp³-hybridized carbons (Fsp3) is 0.714. The minimum Gasteiger partial charge on any atom is -0.461 e. The van der Waals surface area contributed by atoms with E-state index >= 15 is 0 Å². The van der Waals surface area contributed by atoms with Crippen molar-refractivity contribution in [2.45, 2.75) is 19.4 Å². The van der Waals surface area contributed by atoms with Crippen molar-refractivity contribution < 1.29 is 9.53 Å². The average Bonchev–Trinajstić information content (AvgIpc) is 2.13. The van der Waals surface area contributed by atoms with Gasteiger partial charge in [-0.3, -0.25) is 9.69 Å². The number of likely N-dealkylation sites (tertiary alicyclic amines) is 1. The summed E-state index contributed by atoms with van der Waals surface area (Å²) in [5, 5.41) is 0. The summed E-state index contributed by atoms with van der Waals surface area (Å²) in [6.07, 6.45) is 0.943. The maximum atomic E-state index is 10.5. The van der Waals surface area contributed by atoms with Crippen LogP contribution in [0.2, 0.25) is 0 Å². The molecule has 0 spiro atoms. The first-order chi connectivity index (χ1) is 4.68. The highest BCUT2D eigenvalue weighted by atomic mass is 16.5. The zero-order valence-corrected chi connectivity index (χ0v) is 6.33. The number of hydrogen-bond acceptors (Lipinski definition) is 3. The molecule has 0 N–H and O–H groups in total. The van der Waals surface area contributed by atoms with Crippen LogP contribution in [0.25, 0.3) is 0 Å². The zero-order chi connectivity index (χ0) is 7.56. The van der Waals surface area contributed by atoms with E-state index < -0.39 is 0 Å². The fourth-order valence-corrected chi connectivity index (χ4v) is 1.09. The lowest BCUT2D eigenvalue weighted by Crippen LogP contribution is -2.20. The maximum absolute atomic E-state index is 10.5. The molecule has 0 bridgehead atoms. The van der Waals surface area contributed by atoms with Crippen molar-refractivity contribution in [3.63, 3.8) is 0 Å². The Morgan fingerprint density at radius 2 is 2.50 bits per heavy atom.